The van der Waals surface area contributed by atoms with E-state index >= 15 is 0 Å². The van der Waals surface area contributed by atoms with Gasteiger partial charge in [-0.05, 0) is 68.4 Å². The quantitative estimate of drug-likeness (QED) is 0.481. The zero-order chi connectivity index (χ0) is 25.3. The molecule has 2 aromatic carbocycles. The minimum Gasteiger partial charge on any atom is -0.490 e. The summed E-state index contributed by atoms with van der Waals surface area (Å²) in [6, 6.07) is 17.2. The van der Waals surface area contributed by atoms with Gasteiger partial charge in [-0.15, -0.1) is 0 Å². The molecule has 2 aromatic rings. The van der Waals surface area contributed by atoms with Gasteiger partial charge in [0.1, 0.15) is 5.75 Å². The maximum atomic E-state index is 12.6. The van der Waals surface area contributed by atoms with Crippen molar-refractivity contribution in [1.82, 2.24) is 15.5 Å². The Bertz CT molecular complexity index is 1020. The third kappa shape index (κ3) is 6.99. The summed E-state index contributed by atoms with van der Waals surface area (Å²) in [5, 5.41) is 14.9. The molecule has 1 aliphatic heterocycles. The highest BCUT2D eigenvalue weighted by Crippen LogP contribution is 2.28. The number of piperidine rings is 1. The Labute approximate surface area is 212 Å². The van der Waals surface area contributed by atoms with E-state index in [4.69, 9.17) is 9.84 Å². The molecule has 1 atom stereocenters. The average molecular weight is 494 g/mol. The zero-order valence-corrected chi connectivity index (χ0v) is 20.5. The second-order valence-corrected chi connectivity index (χ2v) is 9.64. The normalized spacial score (nSPS) is 21.9. The van der Waals surface area contributed by atoms with E-state index in [1.54, 1.807) is 24.3 Å². The van der Waals surface area contributed by atoms with E-state index in [0.29, 0.717) is 49.7 Å². The zero-order valence-electron chi connectivity index (χ0n) is 20.5. The fourth-order valence-corrected chi connectivity index (χ4v) is 5.02. The Morgan fingerprint density at radius 1 is 0.889 bits per heavy atom. The predicted molar refractivity (Wildman–Crippen MR) is 136 cm³/mol. The van der Waals surface area contributed by atoms with E-state index in [2.05, 4.69) is 22.8 Å². The second kappa shape index (κ2) is 12.4. The molecule has 1 unspecified atom stereocenters. The van der Waals surface area contributed by atoms with Gasteiger partial charge in [0.05, 0.1) is 12.0 Å². The third-order valence-electron chi connectivity index (χ3n) is 7.11. The highest BCUT2D eigenvalue weighted by Gasteiger charge is 2.27. The van der Waals surface area contributed by atoms with Crippen molar-refractivity contribution in [2.24, 2.45) is 5.92 Å². The number of aliphatic carboxylic acids is 1. The van der Waals surface area contributed by atoms with Crippen molar-refractivity contribution in [3.8, 4) is 5.75 Å². The summed E-state index contributed by atoms with van der Waals surface area (Å²) in [5.74, 6) is -0.178. The van der Waals surface area contributed by atoms with Crippen molar-refractivity contribution in [3.63, 3.8) is 0 Å². The lowest BCUT2D eigenvalue weighted by atomic mass is 9.87. The number of benzene rings is 2. The van der Waals surface area contributed by atoms with Crippen LogP contribution in [0.1, 0.15) is 60.4 Å². The molecule has 8 nitrogen and oxygen atoms in total. The largest absolute Gasteiger partial charge is 0.490 e. The summed E-state index contributed by atoms with van der Waals surface area (Å²) >= 11 is 0. The first-order chi connectivity index (χ1) is 17.5. The van der Waals surface area contributed by atoms with Crippen molar-refractivity contribution < 1.29 is 24.2 Å². The van der Waals surface area contributed by atoms with Crippen molar-refractivity contribution in [1.29, 1.82) is 0 Å². The molecule has 0 aromatic heterocycles. The molecule has 0 radical (unpaired) electrons. The summed E-state index contributed by atoms with van der Waals surface area (Å²) < 4.78 is 5.96. The van der Waals surface area contributed by atoms with Crippen LogP contribution in [0.5, 0.6) is 5.75 Å². The fraction of sp³-hybridized carbons (Fsp3) is 0.464. The molecule has 0 bridgehead atoms. The molecule has 0 spiro atoms. The lowest BCUT2D eigenvalue weighted by Gasteiger charge is -2.33. The first-order valence-electron chi connectivity index (χ1n) is 12.8. The minimum absolute atomic E-state index is 0.00626. The van der Waals surface area contributed by atoms with Crippen LogP contribution in [0.15, 0.2) is 54.6 Å². The molecule has 1 saturated heterocycles. The van der Waals surface area contributed by atoms with E-state index in [9.17, 15) is 14.4 Å². The van der Waals surface area contributed by atoms with Gasteiger partial charge in [-0.25, -0.2) is 4.79 Å². The maximum absolute atomic E-state index is 12.6. The van der Waals surface area contributed by atoms with Crippen molar-refractivity contribution in [2.75, 3.05) is 26.2 Å². The predicted octanol–water partition coefficient (Wildman–Crippen LogP) is 4.03. The van der Waals surface area contributed by atoms with Crippen LogP contribution in [-0.4, -0.2) is 60.2 Å². The molecule has 3 amide bonds. The molecule has 2 aliphatic rings. The minimum atomic E-state index is -0.730. The van der Waals surface area contributed by atoms with Gasteiger partial charge in [0.25, 0.3) is 5.91 Å². The molecule has 1 aliphatic carbocycles. The summed E-state index contributed by atoms with van der Waals surface area (Å²) in [4.78, 5) is 38.0. The SMILES string of the molecule is O=C(NCCNC(=O)N1CCCC(c2ccccc2)C1)c1ccc(OC2CCC(C(=O)O)CC2)cc1. The van der Waals surface area contributed by atoms with E-state index in [1.807, 2.05) is 23.1 Å². The summed E-state index contributed by atoms with van der Waals surface area (Å²) in [5.41, 5.74) is 1.79. The monoisotopic (exact) mass is 493 g/mol. The summed E-state index contributed by atoms with van der Waals surface area (Å²) in [6.07, 6.45) is 4.76. The topological polar surface area (TPSA) is 108 Å². The van der Waals surface area contributed by atoms with Crippen LogP contribution < -0.4 is 15.4 Å². The third-order valence-corrected chi connectivity index (χ3v) is 7.11. The first-order valence-corrected chi connectivity index (χ1v) is 12.8. The van der Waals surface area contributed by atoms with Crippen LogP contribution in [0.25, 0.3) is 0 Å². The van der Waals surface area contributed by atoms with Gasteiger partial charge in [0, 0.05) is 37.7 Å². The van der Waals surface area contributed by atoms with E-state index < -0.39 is 5.97 Å². The van der Waals surface area contributed by atoms with Crippen LogP contribution in [0.3, 0.4) is 0 Å². The number of rotatable bonds is 8. The molecule has 8 heteroatoms. The van der Waals surface area contributed by atoms with E-state index in [0.717, 1.165) is 32.2 Å². The number of likely N-dealkylation sites (tertiary alicyclic amines) is 1. The molecular formula is C28H35N3O5. The van der Waals surface area contributed by atoms with Gasteiger partial charge in [-0.2, -0.15) is 0 Å². The van der Waals surface area contributed by atoms with Crippen LogP contribution in [0.2, 0.25) is 0 Å². The number of carbonyl (C=O) groups is 3. The molecule has 3 N–H and O–H groups in total. The number of nitrogens with zero attached hydrogens (tertiary/aromatic N) is 1. The number of carbonyl (C=O) groups excluding carboxylic acids is 2. The van der Waals surface area contributed by atoms with Gasteiger partial charge in [-0.3, -0.25) is 9.59 Å². The number of urea groups is 1. The van der Waals surface area contributed by atoms with Gasteiger partial charge >= 0.3 is 12.0 Å². The Balaban J connectivity index is 1.15. The second-order valence-electron chi connectivity index (χ2n) is 9.64. The van der Waals surface area contributed by atoms with Gasteiger partial charge < -0.3 is 25.4 Å². The summed E-state index contributed by atoms with van der Waals surface area (Å²) in [7, 11) is 0. The number of nitrogens with one attached hydrogen (secondary N) is 2. The van der Waals surface area contributed by atoms with Crippen LogP contribution in [0, 0.1) is 5.92 Å². The smallest absolute Gasteiger partial charge is 0.317 e. The van der Waals surface area contributed by atoms with Crippen LogP contribution in [0.4, 0.5) is 4.79 Å². The average Bonchev–Trinajstić information content (AvgIpc) is 2.92. The van der Waals surface area contributed by atoms with Crippen molar-refractivity contribution in [2.45, 2.75) is 50.5 Å². The first kappa shape index (κ1) is 25.5. The lowest BCUT2D eigenvalue weighted by molar-refractivity contribution is -0.143. The number of amides is 3. The van der Waals surface area contributed by atoms with Gasteiger partial charge in [0.15, 0.2) is 0 Å². The molecule has 1 saturated carbocycles. The maximum Gasteiger partial charge on any atom is 0.317 e. The molecular weight excluding hydrogens is 458 g/mol. The Morgan fingerprint density at radius 2 is 1.58 bits per heavy atom. The Kier molecular flexibility index (Phi) is 8.81. The van der Waals surface area contributed by atoms with Crippen molar-refractivity contribution in [3.05, 3.63) is 65.7 Å². The van der Waals surface area contributed by atoms with Crippen LogP contribution >= 0.6 is 0 Å². The summed E-state index contributed by atoms with van der Waals surface area (Å²) in [6.45, 7) is 2.15. The Hall–Kier alpha value is -3.55. The molecule has 4 rings (SSSR count). The molecule has 1 heterocycles. The lowest BCUT2D eigenvalue weighted by Crippen LogP contribution is -2.46. The highest BCUT2D eigenvalue weighted by molar-refractivity contribution is 5.94. The van der Waals surface area contributed by atoms with E-state index in [1.165, 1.54) is 5.56 Å². The number of ether oxygens (including phenoxy) is 1. The molecule has 36 heavy (non-hydrogen) atoms. The number of hydrogen-bond acceptors (Lipinski definition) is 4. The van der Waals surface area contributed by atoms with E-state index in [-0.39, 0.29) is 24.0 Å². The van der Waals surface area contributed by atoms with Crippen LogP contribution in [-0.2, 0) is 4.79 Å². The van der Waals surface area contributed by atoms with Gasteiger partial charge in [-0.1, -0.05) is 30.3 Å². The highest BCUT2D eigenvalue weighted by atomic mass is 16.5. The van der Waals surface area contributed by atoms with Crippen molar-refractivity contribution >= 4 is 17.9 Å². The number of carboxylic acids is 1. The van der Waals surface area contributed by atoms with Gasteiger partial charge in [0.2, 0.25) is 0 Å². The fourth-order valence-electron chi connectivity index (χ4n) is 5.02. The molecule has 2 fully saturated rings. The number of carboxylic acid groups (broad SMARTS) is 1. The number of hydrogen-bond donors (Lipinski definition) is 3. The standard InChI is InChI=1S/C28H35N3O5/c32-26(21-8-12-24(13-9-21)36-25-14-10-22(11-15-25)27(33)34)29-16-17-30-28(35)31-18-4-7-23(19-31)20-5-2-1-3-6-20/h1-3,5-6,8-9,12-13,22-23,25H,4,7,10-11,14-19H2,(H,29,32)(H,30,35)(H,33,34). The Morgan fingerprint density at radius 3 is 2.28 bits per heavy atom. The molecule has 192 valence electrons.